The van der Waals surface area contributed by atoms with Gasteiger partial charge in [-0.1, -0.05) is 6.42 Å². The zero-order valence-electron chi connectivity index (χ0n) is 13.3. The summed E-state index contributed by atoms with van der Waals surface area (Å²) in [7, 11) is 0. The van der Waals surface area contributed by atoms with E-state index in [2.05, 4.69) is 37.6 Å². The Morgan fingerprint density at radius 3 is 2.68 bits per heavy atom. The summed E-state index contributed by atoms with van der Waals surface area (Å²) in [5, 5.41) is 8.45. The molecule has 6 nitrogen and oxygen atoms in total. The molecule has 4 rings (SSSR count). The van der Waals surface area contributed by atoms with E-state index in [1.54, 1.807) is 0 Å². The van der Waals surface area contributed by atoms with E-state index in [1.807, 2.05) is 6.92 Å². The van der Waals surface area contributed by atoms with Gasteiger partial charge in [0.25, 0.3) is 0 Å². The molecule has 116 valence electrons. The number of aromatic nitrogens is 5. The van der Waals surface area contributed by atoms with Gasteiger partial charge < -0.3 is 9.47 Å². The van der Waals surface area contributed by atoms with Gasteiger partial charge in [0.1, 0.15) is 11.6 Å². The van der Waals surface area contributed by atoms with Gasteiger partial charge in [-0.15, -0.1) is 10.2 Å². The summed E-state index contributed by atoms with van der Waals surface area (Å²) in [4.78, 5) is 11.8. The number of anilines is 1. The molecule has 3 heterocycles. The largest absolute Gasteiger partial charge is 0.339 e. The molecule has 0 amide bonds. The van der Waals surface area contributed by atoms with Crippen LogP contribution in [-0.4, -0.2) is 37.8 Å². The molecule has 2 aromatic heterocycles. The second-order valence-electron chi connectivity index (χ2n) is 6.41. The van der Waals surface area contributed by atoms with E-state index < -0.39 is 0 Å². The van der Waals surface area contributed by atoms with E-state index in [1.165, 1.54) is 25.0 Å². The maximum absolute atomic E-state index is 4.86. The third kappa shape index (κ3) is 2.36. The average Bonchev–Trinajstić information content (AvgIpc) is 2.67. The second-order valence-corrected chi connectivity index (χ2v) is 6.41. The highest BCUT2D eigenvalue weighted by Crippen LogP contribution is 2.36. The molecular formula is C16H22N6. The van der Waals surface area contributed by atoms with Gasteiger partial charge in [-0.2, -0.15) is 0 Å². The number of rotatable bonds is 2. The Morgan fingerprint density at radius 2 is 1.91 bits per heavy atom. The lowest BCUT2D eigenvalue weighted by atomic mass is 9.83. The van der Waals surface area contributed by atoms with Crippen LogP contribution in [0.3, 0.4) is 0 Å². The maximum atomic E-state index is 4.86. The fourth-order valence-corrected chi connectivity index (χ4v) is 3.30. The molecule has 0 spiro atoms. The number of hydrogen-bond acceptors (Lipinski definition) is 5. The SMILES string of the molecule is Cc1cc(C2CCC2)nc(N2CCc3nnc(C)n3CC2)n1. The smallest absolute Gasteiger partial charge is 0.225 e. The second kappa shape index (κ2) is 5.34. The van der Waals surface area contributed by atoms with Crippen LogP contribution in [0.15, 0.2) is 6.07 Å². The molecule has 0 bridgehead atoms. The summed E-state index contributed by atoms with van der Waals surface area (Å²) in [6.45, 7) is 6.82. The van der Waals surface area contributed by atoms with E-state index in [-0.39, 0.29) is 0 Å². The van der Waals surface area contributed by atoms with Crippen LogP contribution in [0.25, 0.3) is 0 Å². The molecule has 6 heteroatoms. The summed E-state index contributed by atoms with van der Waals surface area (Å²) in [6.07, 6.45) is 4.78. The Kier molecular flexibility index (Phi) is 3.32. The van der Waals surface area contributed by atoms with Gasteiger partial charge in [-0.25, -0.2) is 9.97 Å². The molecule has 1 aliphatic carbocycles. The van der Waals surface area contributed by atoms with Crippen molar-refractivity contribution in [1.29, 1.82) is 0 Å². The Hall–Kier alpha value is -1.98. The highest BCUT2D eigenvalue weighted by Gasteiger charge is 2.24. The Morgan fingerprint density at radius 1 is 1.05 bits per heavy atom. The lowest BCUT2D eigenvalue weighted by Crippen LogP contribution is -2.29. The number of nitrogens with zero attached hydrogens (tertiary/aromatic N) is 6. The molecule has 0 N–H and O–H groups in total. The number of fused-ring (bicyclic) bond motifs is 1. The normalized spacial score (nSPS) is 18.7. The summed E-state index contributed by atoms with van der Waals surface area (Å²) in [6, 6.07) is 2.16. The van der Waals surface area contributed by atoms with Crippen LogP contribution in [0.4, 0.5) is 5.95 Å². The third-order valence-corrected chi connectivity index (χ3v) is 4.88. The van der Waals surface area contributed by atoms with Crippen molar-refractivity contribution in [3.05, 3.63) is 29.1 Å². The first kappa shape index (κ1) is 13.7. The quantitative estimate of drug-likeness (QED) is 0.849. The lowest BCUT2D eigenvalue weighted by molar-refractivity contribution is 0.410. The summed E-state index contributed by atoms with van der Waals surface area (Å²) >= 11 is 0. The highest BCUT2D eigenvalue weighted by atomic mass is 15.3. The summed E-state index contributed by atoms with van der Waals surface area (Å²) in [5.41, 5.74) is 2.31. The fraction of sp³-hybridized carbons (Fsp3) is 0.625. The Bertz CT molecular complexity index is 688. The van der Waals surface area contributed by atoms with Gasteiger partial charge in [0.2, 0.25) is 5.95 Å². The molecule has 1 saturated carbocycles. The van der Waals surface area contributed by atoms with Crippen LogP contribution in [0.1, 0.15) is 48.2 Å². The molecule has 1 fully saturated rings. The minimum absolute atomic E-state index is 0.648. The zero-order chi connectivity index (χ0) is 15.1. The number of hydrogen-bond donors (Lipinski definition) is 0. The fourth-order valence-electron chi connectivity index (χ4n) is 3.30. The predicted molar refractivity (Wildman–Crippen MR) is 84.0 cm³/mol. The first-order valence-corrected chi connectivity index (χ1v) is 8.20. The molecule has 0 radical (unpaired) electrons. The van der Waals surface area contributed by atoms with Crippen molar-refractivity contribution in [2.45, 2.75) is 52.0 Å². The monoisotopic (exact) mass is 298 g/mol. The molecule has 0 atom stereocenters. The van der Waals surface area contributed by atoms with Crippen molar-refractivity contribution in [2.75, 3.05) is 18.0 Å². The summed E-state index contributed by atoms with van der Waals surface area (Å²) in [5.74, 6) is 3.61. The van der Waals surface area contributed by atoms with Crippen molar-refractivity contribution in [2.24, 2.45) is 0 Å². The van der Waals surface area contributed by atoms with Crippen molar-refractivity contribution in [3.63, 3.8) is 0 Å². The van der Waals surface area contributed by atoms with E-state index in [9.17, 15) is 0 Å². The van der Waals surface area contributed by atoms with Gasteiger partial charge in [-0.3, -0.25) is 0 Å². The van der Waals surface area contributed by atoms with Crippen LogP contribution in [0, 0.1) is 13.8 Å². The predicted octanol–water partition coefficient (Wildman–Crippen LogP) is 2.02. The third-order valence-electron chi connectivity index (χ3n) is 4.88. The minimum Gasteiger partial charge on any atom is -0.339 e. The van der Waals surface area contributed by atoms with Crippen molar-refractivity contribution in [3.8, 4) is 0 Å². The van der Waals surface area contributed by atoms with Gasteiger partial charge in [-0.05, 0) is 32.8 Å². The van der Waals surface area contributed by atoms with Crippen molar-refractivity contribution >= 4 is 5.95 Å². The molecule has 0 saturated heterocycles. The van der Waals surface area contributed by atoms with Crippen LogP contribution >= 0.6 is 0 Å². The molecular weight excluding hydrogens is 276 g/mol. The highest BCUT2D eigenvalue weighted by molar-refractivity contribution is 5.34. The minimum atomic E-state index is 0.648. The van der Waals surface area contributed by atoms with Crippen LogP contribution in [0.2, 0.25) is 0 Å². The Labute approximate surface area is 130 Å². The van der Waals surface area contributed by atoms with Crippen LogP contribution in [-0.2, 0) is 13.0 Å². The topological polar surface area (TPSA) is 59.7 Å². The lowest BCUT2D eigenvalue weighted by Gasteiger charge is -2.27. The van der Waals surface area contributed by atoms with E-state index in [4.69, 9.17) is 4.98 Å². The first-order valence-electron chi connectivity index (χ1n) is 8.20. The van der Waals surface area contributed by atoms with Crippen molar-refractivity contribution in [1.82, 2.24) is 24.7 Å². The van der Waals surface area contributed by atoms with E-state index in [0.29, 0.717) is 5.92 Å². The molecule has 2 aliphatic rings. The molecule has 0 unspecified atom stereocenters. The van der Waals surface area contributed by atoms with Crippen molar-refractivity contribution < 1.29 is 0 Å². The average molecular weight is 298 g/mol. The molecule has 2 aromatic rings. The van der Waals surface area contributed by atoms with Gasteiger partial charge >= 0.3 is 0 Å². The standard InChI is InChI=1S/C16H22N6/c1-11-10-14(13-4-3-5-13)18-16(17-11)21-7-6-15-20-19-12(2)22(15)9-8-21/h10,13H,3-9H2,1-2H3. The molecule has 0 aromatic carbocycles. The van der Waals surface area contributed by atoms with E-state index in [0.717, 1.165) is 49.3 Å². The molecule has 1 aliphatic heterocycles. The number of aryl methyl sites for hydroxylation is 2. The van der Waals surface area contributed by atoms with E-state index >= 15 is 0 Å². The van der Waals surface area contributed by atoms with Gasteiger partial charge in [0.05, 0.1) is 0 Å². The summed E-state index contributed by atoms with van der Waals surface area (Å²) < 4.78 is 2.21. The Balaban J connectivity index is 1.58. The molecule has 22 heavy (non-hydrogen) atoms. The first-order chi connectivity index (χ1) is 10.7. The maximum Gasteiger partial charge on any atom is 0.225 e. The van der Waals surface area contributed by atoms with Crippen LogP contribution in [0.5, 0.6) is 0 Å². The van der Waals surface area contributed by atoms with Crippen LogP contribution < -0.4 is 4.90 Å². The van der Waals surface area contributed by atoms with Gasteiger partial charge in [0, 0.05) is 43.4 Å². The van der Waals surface area contributed by atoms with Gasteiger partial charge in [0.15, 0.2) is 0 Å². The zero-order valence-corrected chi connectivity index (χ0v) is 13.3.